The zero-order chi connectivity index (χ0) is 14.4. The van der Waals surface area contributed by atoms with E-state index in [0.29, 0.717) is 0 Å². The number of methoxy groups -OCH3 is 1. The van der Waals surface area contributed by atoms with Crippen LogP contribution in [-0.4, -0.2) is 51.3 Å². The van der Waals surface area contributed by atoms with Gasteiger partial charge < -0.3 is 15.0 Å². The molecule has 1 saturated carbocycles. The molecule has 0 spiro atoms. The van der Waals surface area contributed by atoms with Crippen molar-refractivity contribution in [1.29, 1.82) is 0 Å². The van der Waals surface area contributed by atoms with Crippen LogP contribution in [0.5, 0.6) is 0 Å². The summed E-state index contributed by atoms with van der Waals surface area (Å²) in [5.41, 5.74) is 0. The molecule has 2 rings (SSSR count). The Labute approximate surface area is 125 Å². The fraction of sp³-hybridized carbons (Fsp3) is 1.00. The van der Waals surface area contributed by atoms with Gasteiger partial charge in [0.2, 0.25) is 0 Å². The van der Waals surface area contributed by atoms with Crippen LogP contribution in [0.1, 0.15) is 45.4 Å². The summed E-state index contributed by atoms with van der Waals surface area (Å²) in [7, 11) is 3.98. The van der Waals surface area contributed by atoms with E-state index in [9.17, 15) is 0 Å². The van der Waals surface area contributed by atoms with E-state index in [1.54, 1.807) is 0 Å². The lowest BCUT2D eigenvalue weighted by molar-refractivity contribution is 0.0679. The van der Waals surface area contributed by atoms with Gasteiger partial charge in [0.25, 0.3) is 0 Å². The first kappa shape index (κ1) is 16.3. The van der Waals surface area contributed by atoms with E-state index in [-0.39, 0.29) is 0 Å². The van der Waals surface area contributed by atoms with Crippen molar-refractivity contribution >= 4 is 0 Å². The molecule has 0 amide bonds. The summed E-state index contributed by atoms with van der Waals surface area (Å²) >= 11 is 0. The molecule has 20 heavy (non-hydrogen) atoms. The van der Waals surface area contributed by atoms with Crippen LogP contribution in [0.15, 0.2) is 0 Å². The van der Waals surface area contributed by atoms with Crippen molar-refractivity contribution < 1.29 is 4.74 Å². The fourth-order valence-electron chi connectivity index (χ4n) is 4.33. The molecule has 1 aliphatic carbocycles. The summed E-state index contributed by atoms with van der Waals surface area (Å²) < 4.78 is 5.36. The maximum atomic E-state index is 5.36. The predicted molar refractivity (Wildman–Crippen MR) is 85.0 cm³/mol. The Morgan fingerprint density at radius 3 is 2.75 bits per heavy atom. The average Bonchev–Trinajstić information content (AvgIpc) is 2.48. The summed E-state index contributed by atoms with van der Waals surface area (Å²) in [4.78, 5) is 2.71. The summed E-state index contributed by atoms with van der Waals surface area (Å²) in [6.07, 6.45) is 8.27. The number of likely N-dealkylation sites (tertiary alicyclic amines) is 1. The van der Waals surface area contributed by atoms with Gasteiger partial charge in [-0.25, -0.2) is 0 Å². The molecule has 1 saturated heterocycles. The molecular weight excluding hydrogens is 248 g/mol. The average molecular weight is 282 g/mol. The number of rotatable bonds is 6. The van der Waals surface area contributed by atoms with E-state index in [1.807, 2.05) is 7.11 Å². The molecule has 2 aliphatic rings. The maximum Gasteiger partial charge on any atom is 0.0502 e. The number of ether oxygens (including phenoxy) is 1. The van der Waals surface area contributed by atoms with Crippen molar-refractivity contribution in [2.45, 2.75) is 51.5 Å². The molecule has 3 nitrogen and oxygen atoms in total. The topological polar surface area (TPSA) is 24.5 Å². The molecule has 0 aromatic carbocycles. The normalized spacial score (nSPS) is 36.1. The minimum atomic E-state index is 0.737. The number of piperidine rings is 1. The largest absolute Gasteiger partial charge is 0.384 e. The molecule has 1 heterocycles. The van der Waals surface area contributed by atoms with Crippen LogP contribution in [0.2, 0.25) is 0 Å². The maximum absolute atomic E-state index is 5.36. The second-order valence-electron chi connectivity index (χ2n) is 6.97. The standard InChI is InChI=1S/C17H34N2O/c1-4-14-7-8-17(18-2)16(10-14)12-19-9-5-6-15(11-19)13-20-3/h14-18H,4-13H2,1-3H3. The second kappa shape index (κ2) is 8.35. The molecule has 0 radical (unpaired) electrons. The minimum absolute atomic E-state index is 0.737. The van der Waals surface area contributed by atoms with E-state index < -0.39 is 0 Å². The third kappa shape index (κ3) is 4.44. The van der Waals surface area contributed by atoms with Gasteiger partial charge in [-0.3, -0.25) is 0 Å². The summed E-state index contributed by atoms with van der Waals surface area (Å²) in [5.74, 6) is 2.57. The van der Waals surface area contributed by atoms with Gasteiger partial charge in [0.1, 0.15) is 0 Å². The number of nitrogens with one attached hydrogen (secondary N) is 1. The van der Waals surface area contributed by atoms with Crippen molar-refractivity contribution in [3.05, 3.63) is 0 Å². The summed E-state index contributed by atoms with van der Waals surface area (Å²) in [6.45, 7) is 7.13. The lowest BCUT2D eigenvalue weighted by Gasteiger charge is -2.41. The summed E-state index contributed by atoms with van der Waals surface area (Å²) in [6, 6.07) is 0.737. The van der Waals surface area contributed by atoms with Crippen LogP contribution in [0, 0.1) is 17.8 Å². The molecular formula is C17H34N2O. The minimum Gasteiger partial charge on any atom is -0.384 e. The Morgan fingerprint density at radius 2 is 2.05 bits per heavy atom. The highest BCUT2D eigenvalue weighted by atomic mass is 16.5. The van der Waals surface area contributed by atoms with E-state index in [2.05, 4.69) is 24.2 Å². The monoisotopic (exact) mass is 282 g/mol. The molecule has 4 unspecified atom stereocenters. The SMILES string of the molecule is CCC1CCC(NC)C(CN2CCCC(COC)C2)C1. The fourth-order valence-corrected chi connectivity index (χ4v) is 4.33. The molecule has 0 bridgehead atoms. The summed E-state index contributed by atoms with van der Waals surface area (Å²) in [5, 5.41) is 3.57. The Morgan fingerprint density at radius 1 is 1.20 bits per heavy atom. The lowest BCUT2D eigenvalue weighted by atomic mass is 9.76. The van der Waals surface area contributed by atoms with Crippen molar-refractivity contribution in [3.8, 4) is 0 Å². The first-order chi connectivity index (χ1) is 9.76. The Hall–Kier alpha value is -0.120. The first-order valence-corrected chi connectivity index (χ1v) is 8.65. The van der Waals surface area contributed by atoms with Crippen molar-refractivity contribution in [1.82, 2.24) is 10.2 Å². The Bertz CT molecular complexity index is 270. The molecule has 3 heteroatoms. The number of hydrogen-bond donors (Lipinski definition) is 1. The highest BCUT2D eigenvalue weighted by molar-refractivity contribution is 4.87. The van der Waals surface area contributed by atoms with Gasteiger partial charge in [-0.2, -0.15) is 0 Å². The van der Waals surface area contributed by atoms with Crippen LogP contribution in [0.25, 0.3) is 0 Å². The smallest absolute Gasteiger partial charge is 0.0502 e. The molecule has 2 fully saturated rings. The van der Waals surface area contributed by atoms with Crippen LogP contribution >= 0.6 is 0 Å². The van der Waals surface area contributed by atoms with Gasteiger partial charge in [0.15, 0.2) is 0 Å². The van der Waals surface area contributed by atoms with E-state index in [0.717, 1.165) is 30.4 Å². The quantitative estimate of drug-likeness (QED) is 0.811. The molecule has 1 aliphatic heterocycles. The third-order valence-corrected chi connectivity index (χ3v) is 5.54. The molecule has 0 aromatic heterocycles. The van der Waals surface area contributed by atoms with Gasteiger partial charge in [-0.15, -0.1) is 0 Å². The van der Waals surface area contributed by atoms with Crippen molar-refractivity contribution in [2.75, 3.05) is 40.4 Å². The third-order valence-electron chi connectivity index (χ3n) is 5.54. The Kier molecular flexibility index (Phi) is 6.79. The van der Waals surface area contributed by atoms with Crippen LogP contribution in [-0.2, 0) is 4.74 Å². The van der Waals surface area contributed by atoms with E-state index in [4.69, 9.17) is 4.74 Å². The van der Waals surface area contributed by atoms with Crippen LogP contribution < -0.4 is 5.32 Å². The Balaban J connectivity index is 1.85. The van der Waals surface area contributed by atoms with Gasteiger partial charge in [-0.05, 0) is 63.5 Å². The molecule has 4 atom stereocenters. The van der Waals surface area contributed by atoms with Crippen LogP contribution in [0.4, 0.5) is 0 Å². The van der Waals surface area contributed by atoms with Gasteiger partial charge in [0, 0.05) is 26.2 Å². The first-order valence-electron chi connectivity index (χ1n) is 8.65. The highest BCUT2D eigenvalue weighted by Gasteiger charge is 2.31. The van der Waals surface area contributed by atoms with Crippen LogP contribution in [0.3, 0.4) is 0 Å². The zero-order valence-corrected chi connectivity index (χ0v) is 13.7. The van der Waals surface area contributed by atoms with E-state index >= 15 is 0 Å². The lowest BCUT2D eigenvalue weighted by Crippen LogP contribution is -2.47. The number of hydrogen-bond acceptors (Lipinski definition) is 3. The number of nitrogens with zero attached hydrogens (tertiary/aromatic N) is 1. The van der Waals surface area contributed by atoms with Crippen molar-refractivity contribution in [2.24, 2.45) is 17.8 Å². The highest BCUT2D eigenvalue weighted by Crippen LogP contribution is 2.32. The second-order valence-corrected chi connectivity index (χ2v) is 6.97. The van der Waals surface area contributed by atoms with Gasteiger partial charge >= 0.3 is 0 Å². The molecule has 118 valence electrons. The van der Waals surface area contributed by atoms with Gasteiger partial charge in [-0.1, -0.05) is 13.3 Å². The predicted octanol–water partition coefficient (Wildman–Crippen LogP) is 2.76. The van der Waals surface area contributed by atoms with Crippen molar-refractivity contribution in [3.63, 3.8) is 0 Å². The zero-order valence-electron chi connectivity index (χ0n) is 13.7. The van der Waals surface area contributed by atoms with Gasteiger partial charge in [0.05, 0.1) is 6.61 Å². The molecule has 1 N–H and O–H groups in total. The molecule has 0 aromatic rings. The van der Waals surface area contributed by atoms with E-state index in [1.165, 1.54) is 58.2 Å².